The minimum absolute atomic E-state index is 0.0100. The lowest BCUT2D eigenvalue weighted by Gasteiger charge is -2.28. The van der Waals surface area contributed by atoms with E-state index in [1.165, 1.54) is 64.3 Å². The number of fused-ring (bicyclic) bond motifs is 1. The third-order valence-electron chi connectivity index (χ3n) is 8.34. The van der Waals surface area contributed by atoms with Crippen molar-refractivity contribution in [1.29, 1.82) is 0 Å². The van der Waals surface area contributed by atoms with Gasteiger partial charge in [0.2, 0.25) is 6.29 Å². The van der Waals surface area contributed by atoms with Gasteiger partial charge in [0.1, 0.15) is 22.4 Å². The molecule has 0 aliphatic heterocycles. The van der Waals surface area contributed by atoms with E-state index in [9.17, 15) is 22.8 Å². The van der Waals surface area contributed by atoms with Crippen LogP contribution in [0.15, 0.2) is 52.2 Å². The summed E-state index contributed by atoms with van der Waals surface area (Å²) < 4.78 is 63.4. The van der Waals surface area contributed by atoms with Gasteiger partial charge in [0.15, 0.2) is 21.2 Å². The number of imidazole rings is 1. The standard InChI is InChI=1S/C33H35ClFN3O9S/c1-18-16-24(30(39)45-19(2)46-32(41)47-20-10-7-6-8-11-20)36-29-28(18)37-31(40)38(29)25-17-21(14-15-22(25)34)48(42,43)33(3,4)27-23(35)12-9-13-26(27)44-5/h9,12-17,19-20H,6-8,10-11H2,1-5H3,(H,37,40). The molecule has 1 saturated carbocycles. The topological polar surface area (TPSA) is 156 Å². The van der Waals surface area contributed by atoms with Crippen LogP contribution in [0.3, 0.4) is 0 Å². The fourth-order valence-electron chi connectivity index (χ4n) is 5.80. The van der Waals surface area contributed by atoms with E-state index in [4.69, 9.17) is 30.5 Å². The van der Waals surface area contributed by atoms with Gasteiger partial charge in [0, 0.05) is 6.92 Å². The normalized spacial score (nSPS) is 14.8. The third-order valence-corrected chi connectivity index (χ3v) is 11.1. The Kier molecular flexibility index (Phi) is 9.88. The minimum atomic E-state index is -4.36. The van der Waals surface area contributed by atoms with Gasteiger partial charge in [0.05, 0.1) is 33.8 Å². The highest BCUT2D eigenvalue weighted by molar-refractivity contribution is 7.92. The van der Waals surface area contributed by atoms with E-state index in [2.05, 4.69) is 9.97 Å². The Labute approximate surface area is 281 Å². The molecule has 0 radical (unpaired) electrons. The Morgan fingerprint density at radius 1 is 1.10 bits per heavy atom. The molecule has 2 aromatic carbocycles. The van der Waals surface area contributed by atoms with Gasteiger partial charge in [-0.15, -0.1) is 0 Å². The molecule has 1 atom stereocenters. The maximum absolute atomic E-state index is 15.1. The summed E-state index contributed by atoms with van der Waals surface area (Å²) in [7, 11) is -3.05. The number of carbonyl (C=O) groups is 2. The number of pyridine rings is 1. The summed E-state index contributed by atoms with van der Waals surface area (Å²) >= 11 is 6.52. The summed E-state index contributed by atoms with van der Waals surface area (Å²) in [5, 5.41) is -0.0100. The number of benzene rings is 2. The van der Waals surface area contributed by atoms with E-state index >= 15 is 4.39 Å². The molecule has 1 N–H and O–H groups in total. The molecule has 256 valence electrons. The van der Waals surface area contributed by atoms with Crippen LogP contribution in [-0.4, -0.2) is 54.6 Å². The van der Waals surface area contributed by atoms with E-state index in [-0.39, 0.29) is 49.9 Å². The Morgan fingerprint density at radius 2 is 1.81 bits per heavy atom. The Bertz CT molecular complexity index is 2050. The molecular weight excluding hydrogens is 669 g/mol. The van der Waals surface area contributed by atoms with Crippen molar-refractivity contribution in [2.45, 2.75) is 81.8 Å². The molecule has 1 aliphatic rings. The molecule has 48 heavy (non-hydrogen) atoms. The van der Waals surface area contributed by atoms with Crippen molar-refractivity contribution in [3.63, 3.8) is 0 Å². The zero-order valence-electron chi connectivity index (χ0n) is 27.0. The van der Waals surface area contributed by atoms with Crippen LogP contribution in [0.1, 0.15) is 74.5 Å². The van der Waals surface area contributed by atoms with Gasteiger partial charge >= 0.3 is 17.8 Å². The highest BCUT2D eigenvalue weighted by Gasteiger charge is 2.42. The van der Waals surface area contributed by atoms with Gasteiger partial charge in [-0.05, 0) is 88.4 Å². The van der Waals surface area contributed by atoms with Crippen molar-refractivity contribution in [2.24, 2.45) is 0 Å². The van der Waals surface area contributed by atoms with Crippen LogP contribution in [0.25, 0.3) is 16.9 Å². The van der Waals surface area contributed by atoms with E-state index in [0.717, 1.165) is 42.7 Å². The van der Waals surface area contributed by atoms with Gasteiger partial charge in [-0.1, -0.05) is 24.1 Å². The zero-order chi connectivity index (χ0) is 35.0. The molecule has 0 spiro atoms. The lowest BCUT2D eigenvalue weighted by Crippen LogP contribution is -2.31. The van der Waals surface area contributed by atoms with Crippen LogP contribution in [0.4, 0.5) is 9.18 Å². The first-order chi connectivity index (χ1) is 22.6. The molecule has 2 aromatic heterocycles. The van der Waals surface area contributed by atoms with Crippen LogP contribution in [0.2, 0.25) is 5.02 Å². The number of halogens is 2. The maximum Gasteiger partial charge on any atom is 0.511 e. The van der Waals surface area contributed by atoms with Gasteiger partial charge in [-0.3, -0.25) is 0 Å². The van der Waals surface area contributed by atoms with Gasteiger partial charge in [0.25, 0.3) is 0 Å². The van der Waals surface area contributed by atoms with E-state index in [0.29, 0.717) is 5.56 Å². The highest BCUT2D eigenvalue weighted by atomic mass is 35.5. The molecule has 4 aromatic rings. The zero-order valence-corrected chi connectivity index (χ0v) is 28.5. The molecule has 1 unspecified atom stereocenters. The van der Waals surface area contributed by atoms with Crippen molar-refractivity contribution < 1.29 is 41.3 Å². The monoisotopic (exact) mass is 703 g/mol. The highest BCUT2D eigenvalue weighted by Crippen LogP contribution is 2.42. The van der Waals surface area contributed by atoms with Crippen LogP contribution < -0.4 is 10.4 Å². The van der Waals surface area contributed by atoms with Crippen molar-refractivity contribution in [1.82, 2.24) is 14.5 Å². The first-order valence-corrected chi connectivity index (χ1v) is 17.1. The van der Waals surface area contributed by atoms with Crippen molar-refractivity contribution in [3.8, 4) is 11.4 Å². The number of aromatic amines is 1. The summed E-state index contributed by atoms with van der Waals surface area (Å²) in [6.07, 6.45) is 1.94. The third kappa shape index (κ3) is 6.63. The van der Waals surface area contributed by atoms with Gasteiger partial charge in [-0.2, -0.15) is 0 Å². The summed E-state index contributed by atoms with van der Waals surface area (Å²) in [4.78, 5) is 45.3. The summed E-state index contributed by atoms with van der Waals surface area (Å²) in [6, 6.07) is 9.10. The average molecular weight is 704 g/mol. The fraction of sp³-hybridized carbons (Fsp3) is 0.394. The van der Waals surface area contributed by atoms with Crippen LogP contribution in [0, 0.1) is 12.7 Å². The van der Waals surface area contributed by atoms with Crippen molar-refractivity contribution in [2.75, 3.05) is 7.11 Å². The molecule has 0 saturated heterocycles. The predicted molar refractivity (Wildman–Crippen MR) is 174 cm³/mol. The number of aromatic nitrogens is 3. The maximum atomic E-state index is 15.1. The lowest BCUT2D eigenvalue weighted by atomic mass is 9.98. The molecule has 0 amide bonds. The van der Waals surface area contributed by atoms with Crippen molar-refractivity contribution in [3.05, 3.63) is 80.6 Å². The molecule has 12 nitrogen and oxygen atoms in total. The van der Waals surface area contributed by atoms with Crippen LogP contribution in [0.5, 0.6) is 5.75 Å². The second-order valence-corrected chi connectivity index (χ2v) is 14.9. The molecule has 1 fully saturated rings. The number of rotatable bonds is 9. The fourth-order valence-corrected chi connectivity index (χ4v) is 7.57. The predicted octanol–water partition coefficient (Wildman–Crippen LogP) is 6.52. The second-order valence-electron chi connectivity index (χ2n) is 12.0. The number of hydrogen-bond acceptors (Lipinski definition) is 10. The first-order valence-electron chi connectivity index (χ1n) is 15.2. The molecular formula is C33H35ClFN3O9S. The number of carbonyl (C=O) groups excluding carboxylic acids is 2. The average Bonchev–Trinajstić information content (AvgIpc) is 3.37. The number of nitrogens with one attached hydrogen (secondary N) is 1. The quantitative estimate of drug-likeness (QED) is 0.150. The van der Waals surface area contributed by atoms with E-state index in [1.807, 2.05) is 0 Å². The molecule has 0 bridgehead atoms. The summed E-state index contributed by atoms with van der Waals surface area (Å²) in [5.41, 5.74) is -0.558. The number of ether oxygens (including phenoxy) is 4. The SMILES string of the molecule is COc1cccc(F)c1C(C)(C)S(=O)(=O)c1ccc(Cl)c(-n2c(=O)[nH]c3c(C)cc(C(=O)OC(C)OC(=O)OC4CCCCC4)nc32)c1. The van der Waals surface area contributed by atoms with Gasteiger partial charge < -0.3 is 23.9 Å². The minimum Gasteiger partial charge on any atom is -0.496 e. The number of nitrogens with zero attached hydrogens (tertiary/aromatic N) is 2. The molecule has 2 heterocycles. The Balaban J connectivity index is 1.48. The summed E-state index contributed by atoms with van der Waals surface area (Å²) in [6.45, 7) is 5.66. The van der Waals surface area contributed by atoms with Crippen LogP contribution in [-0.2, 0) is 28.8 Å². The molecule has 15 heteroatoms. The second kappa shape index (κ2) is 13.6. The number of esters is 1. The first kappa shape index (κ1) is 34.9. The van der Waals surface area contributed by atoms with E-state index < -0.39 is 44.5 Å². The summed E-state index contributed by atoms with van der Waals surface area (Å²) in [5.74, 6) is -1.68. The number of hydrogen-bond donors (Lipinski definition) is 1. The smallest absolute Gasteiger partial charge is 0.496 e. The van der Waals surface area contributed by atoms with Gasteiger partial charge in [-0.25, -0.2) is 36.7 Å². The molecule has 5 rings (SSSR count). The lowest BCUT2D eigenvalue weighted by molar-refractivity contribution is -0.0917. The van der Waals surface area contributed by atoms with E-state index in [1.54, 1.807) is 6.92 Å². The Hall–Kier alpha value is -4.43. The number of H-pyrrole nitrogens is 1. The largest absolute Gasteiger partial charge is 0.511 e. The Morgan fingerprint density at radius 3 is 2.50 bits per heavy atom. The van der Waals surface area contributed by atoms with Crippen LogP contribution >= 0.6 is 11.6 Å². The number of aryl methyl sites for hydroxylation is 1. The molecule has 1 aliphatic carbocycles. The van der Waals surface area contributed by atoms with Crippen molar-refractivity contribution >= 4 is 44.7 Å². The number of sulfone groups is 1. The number of methoxy groups -OCH3 is 1.